The lowest BCUT2D eigenvalue weighted by Crippen LogP contribution is -2.45. The van der Waals surface area contributed by atoms with Crippen molar-refractivity contribution in [1.29, 1.82) is 0 Å². The highest BCUT2D eigenvalue weighted by atomic mass is 16.3. The number of hydrogen-bond acceptors (Lipinski definition) is 3. The summed E-state index contributed by atoms with van der Waals surface area (Å²) in [7, 11) is 0. The van der Waals surface area contributed by atoms with E-state index in [2.05, 4.69) is 12.2 Å². The molecule has 2 aliphatic heterocycles. The zero-order valence-corrected chi connectivity index (χ0v) is 9.98. The second kappa shape index (κ2) is 5.15. The van der Waals surface area contributed by atoms with E-state index in [1.54, 1.807) is 0 Å². The Balaban J connectivity index is 1.93. The first-order valence-corrected chi connectivity index (χ1v) is 6.32. The normalized spacial score (nSPS) is 35.4. The van der Waals surface area contributed by atoms with Gasteiger partial charge in [0, 0.05) is 26.2 Å². The summed E-state index contributed by atoms with van der Waals surface area (Å²) in [6, 6.07) is 0. The molecule has 0 aliphatic carbocycles. The first-order valence-electron chi connectivity index (χ1n) is 6.32. The third-order valence-electron chi connectivity index (χ3n) is 3.92. The Morgan fingerprint density at radius 3 is 2.94 bits per heavy atom. The summed E-state index contributed by atoms with van der Waals surface area (Å²) in [4.78, 5) is 14.2. The maximum absolute atomic E-state index is 12.3. The van der Waals surface area contributed by atoms with Crippen molar-refractivity contribution in [3.8, 4) is 0 Å². The minimum absolute atomic E-state index is 0.150. The van der Waals surface area contributed by atoms with Crippen LogP contribution in [0.1, 0.15) is 19.8 Å². The van der Waals surface area contributed by atoms with E-state index in [1.807, 2.05) is 4.90 Å². The molecule has 4 heteroatoms. The van der Waals surface area contributed by atoms with Gasteiger partial charge in [0.2, 0.25) is 5.91 Å². The second-order valence-electron chi connectivity index (χ2n) is 5.22. The molecule has 4 nitrogen and oxygen atoms in total. The quantitative estimate of drug-likeness (QED) is 0.701. The van der Waals surface area contributed by atoms with Gasteiger partial charge in [-0.15, -0.1) is 0 Å². The van der Waals surface area contributed by atoms with Crippen molar-refractivity contribution in [3.63, 3.8) is 0 Å². The van der Waals surface area contributed by atoms with E-state index in [-0.39, 0.29) is 18.4 Å². The molecule has 2 N–H and O–H groups in total. The van der Waals surface area contributed by atoms with Gasteiger partial charge in [-0.25, -0.2) is 0 Å². The number of amides is 1. The fourth-order valence-electron chi connectivity index (χ4n) is 2.79. The number of nitrogens with one attached hydrogen (secondary N) is 1. The lowest BCUT2D eigenvalue weighted by Gasteiger charge is -2.34. The van der Waals surface area contributed by atoms with E-state index in [1.165, 1.54) is 0 Å². The van der Waals surface area contributed by atoms with Gasteiger partial charge in [0.25, 0.3) is 0 Å². The largest absolute Gasteiger partial charge is 0.396 e. The average molecular weight is 226 g/mol. The molecule has 16 heavy (non-hydrogen) atoms. The molecular formula is C12H22N2O2. The van der Waals surface area contributed by atoms with Crippen LogP contribution in [0.15, 0.2) is 0 Å². The van der Waals surface area contributed by atoms with Crippen LogP contribution in [0.2, 0.25) is 0 Å². The lowest BCUT2D eigenvalue weighted by molar-refractivity contribution is -0.138. The number of nitrogens with zero attached hydrogens (tertiary/aromatic N) is 1. The number of piperidine rings is 1. The van der Waals surface area contributed by atoms with Crippen LogP contribution < -0.4 is 5.32 Å². The van der Waals surface area contributed by atoms with E-state index >= 15 is 0 Å². The van der Waals surface area contributed by atoms with Gasteiger partial charge in [-0.3, -0.25) is 4.79 Å². The number of aliphatic hydroxyl groups excluding tert-OH is 1. The molecule has 0 spiro atoms. The summed E-state index contributed by atoms with van der Waals surface area (Å²) < 4.78 is 0. The molecule has 0 aromatic carbocycles. The van der Waals surface area contributed by atoms with Gasteiger partial charge in [-0.1, -0.05) is 6.92 Å². The van der Waals surface area contributed by atoms with Gasteiger partial charge in [-0.2, -0.15) is 0 Å². The van der Waals surface area contributed by atoms with E-state index in [0.717, 1.165) is 39.0 Å². The molecule has 2 heterocycles. The summed E-state index contributed by atoms with van der Waals surface area (Å²) in [5.41, 5.74) is 0. The van der Waals surface area contributed by atoms with Crippen molar-refractivity contribution >= 4 is 5.91 Å². The molecule has 0 bridgehead atoms. The van der Waals surface area contributed by atoms with Crippen LogP contribution in [0, 0.1) is 17.8 Å². The van der Waals surface area contributed by atoms with Crippen LogP contribution in [-0.4, -0.2) is 48.7 Å². The van der Waals surface area contributed by atoms with E-state index in [0.29, 0.717) is 11.8 Å². The van der Waals surface area contributed by atoms with Crippen LogP contribution in [0.3, 0.4) is 0 Å². The molecule has 92 valence electrons. The van der Waals surface area contributed by atoms with Crippen LogP contribution in [0.4, 0.5) is 0 Å². The smallest absolute Gasteiger partial charge is 0.227 e. The fourth-order valence-corrected chi connectivity index (χ4v) is 2.79. The Bertz CT molecular complexity index is 257. The van der Waals surface area contributed by atoms with Crippen molar-refractivity contribution in [2.24, 2.45) is 17.8 Å². The first kappa shape index (κ1) is 11.9. The Hall–Kier alpha value is -0.610. The van der Waals surface area contributed by atoms with Crippen molar-refractivity contribution < 1.29 is 9.90 Å². The van der Waals surface area contributed by atoms with E-state index in [9.17, 15) is 4.79 Å². The summed E-state index contributed by atoms with van der Waals surface area (Å²) in [6.07, 6.45) is 2.09. The molecule has 2 rings (SSSR count). The SMILES string of the molecule is C[C@@H]1CNC[C@H]1C(=O)N1CCCC(CO)C1. The third kappa shape index (κ3) is 2.38. The van der Waals surface area contributed by atoms with Gasteiger partial charge in [-0.05, 0) is 31.2 Å². The number of carbonyl (C=O) groups excluding carboxylic acids is 1. The minimum atomic E-state index is 0.150. The van der Waals surface area contributed by atoms with Crippen LogP contribution in [0.5, 0.6) is 0 Å². The highest BCUT2D eigenvalue weighted by Crippen LogP contribution is 2.22. The van der Waals surface area contributed by atoms with Crippen LogP contribution in [-0.2, 0) is 4.79 Å². The predicted octanol–water partition coefficient (Wildman–Crippen LogP) is 0.0728. The Morgan fingerprint density at radius 2 is 2.31 bits per heavy atom. The number of carbonyl (C=O) groups is 1. The number of aliphatic hydroxyl groups is 1. The van der Waals surface area contributed by atoms with Crippen molar-refractivity contribution in [3.05, 3.63) is 0 Å². The standard InChI is InChI=1S/C12H22N2O2/c1-9-5-13-6-11(9)12(16)14-4-2-3-10(7-14)8-15/h9-11,13,15H,2-8H2,1H3/t9-,10?,11-/m1/s1. The van der Waals surface area contributed by atoms with Gasteiger partial charge in [0.05, 0.1) is 5.92 Å². The van der Waals surface area contributed by atoms with Gasteiger partial charge >= 0.3 is 0 Å². The minimum Gasteiger partial charge on any atom is -0.396 e. The molecular weight excluding hydrogens is 204 g/mol. The van der Waals surface area contributed by atoms with Crippen LogP contribution >= 0.6 is 0 Å². The summed E-state index contributed by atoms with van der Waals surface area (Å²) in [5.74, 6) is 1.18. The average Bonchev–Trinajstić information content (AvgIpc) is 2.74. The predicted molar refractivity (Wildman–Crippen MR) is 61.9 cm³/mol. The monoisotopic (exact) mass is 226 g/mol. The van der Waals surface area contributed by atoms with Crippen LogP contribution in [0.25, 0.3) is 0 Å². The maximum Gasteiger partial charge on any atom is 0.227 e. The number of hydrogen-bond donors (Lipinski definition) is 2. The molecule has 2 aliphatic rings. The molecule has 0 saturated carbocycles. The molecule has 1 amide bonds. The lowest BCUT2D eigenvalue weighted by atomic mass is 9.93. The highest BCUT2D eigenvalue weighted by molar-refractivity contribution is 5.79. The topological polar surface area (TPSA) is 52.6 Å². The van der Waals surface area contributed by atoms with Gasteiger partial charge in [0.15, 0.2) is 0 Å². The summed E-state index contributed by atoms with van der Waals surface area (Å²) in [6.45, 7) is 5.74. The fraction of sp³-hybridized carbons (Fsp3) is 0.917. The molecule has 3 atom stereocenters. The zero-order valence-electron chi connectivity index (χ0n) is 9.98. The molecule has 0 aromatic rings. The van der Waals surface area contributed by atoms with Crippen molar-refractivity contribution in [2.75, 3.05) is 32.8 Å². The summed E-state index contributed by atoms with van der Waals surface area (Å²) >= 11 is 0. The van der Waals surface area contributed by atoms with E-state index < -0.39 is 0 Å². The third-order valence-corrected chi connectivity index (χ3v) is 3.92. The number of rotatable bonds is 2. The highest BCUT2D eigenvalue weighted by Gasteiger charge is 2.34. The Morgan fingerprint density at radius 1 is 1.50 bits per heavy atom. The number of likely N-dealkylation sites (tertiary alicyclic amines) is 1. The Kier molecular flexibility index (Phi) is 3.82. The van der Waals surface area contributed by atoms with Gasteiger partial charge < -0.3 is 15.3 Å². The molecule has 0 aromatic heterocycles. The molecule has 0 radical (unpaired) electrons. The Labute approximate surface area is 97.0 Å². The van der Waals surface area contributed by atoms with E-state index in [4.69, 9.17) is 5.11 Å². The molecule has 2 saturated heterocycles. The van der Waals surface area contributed by atoms with Crippen molar-refractivity contribution in [2.45, 2.75) is 19.8 Å². The molecule has 2 fully saturated rings. The maximum atomic E-state index is 12.3. The summed E-state index contributed by atoms with van der Waals surface area (Å²) in [5, 5.41) is 12.4. The van der Waals surface area contributed by atoms with Gasteiger partial charge in [0.1, 0.15) is 0 Å². The second-order valence-corrected chi connectivity index (χ2v) is 5.22. The zero-order chi connectivity index (χ0) is 11.5. The molecule has 1 unspecified atom stereocenters. The van der Waals surface area contributed by atoms with Crippen molar-refractivity contribution in [1.82, 2.24) is 10.2 Å². The first-order chi connectivity index (χ1) is 7.72.